The minimum absolute atomic E-state index is 0.0101. The zero-order chi connectivity index (χ0) is 13.3. The van der Waals surface area contributed by atoms with Crippen LogP contribution < -0.4 is 11.2 Å². The van der Waals surface area contributed by atoms with Crippen LogP contribution in [0.4, 0.5) is 0 Å². The van der Waals surface area contributed by atoms with Gasteiger partial charge in [-0.25, -0.2) is 4.79 Å². The molecule has 0 saturated carbocycles. The van der Waals surface area contributed by atoms with Crippen LogP contribution in [0.15, 0.2) is 15.8 Å². The van der Waals surface area contributed by atoms with E-state index in [1.165, 1.54) is 10.8 Å². The molecule has 1 saturated heterocycles. The van der Waals surface area contributed by atoms with E-state index in [4.69, 9.17) is 21.0 Å². The fraction of sp³-hybridized carbons (Fsp3) is 0.455. The van der Waals surface area contributed by atoms with Crippen LogP contribution in [0.2, 0.25) is 0 Å². The van der Waals surface area contributed by atoms with Crippen LogP contribution in [0.3, 0.4) is 0 Å². The molecule has 0 spiro atoms. The SMILES string of the molecule is C#C[C@]1(CO)OC[C@@H](n2cc(C)c(=O)[nH]c2=O)O1. The normalized spacial score (nSPS) is 27.1. The maximum atomic E-state index is 11.6. The number of nitrogens with zero attached hydrogens (tertiary/aromatic N) is 1. The molecule has 1 aliphatic rings. The van der Waals surface area contributed by atoms with E-state index in [9.17, 15) is 9.59 Å². The van der Waals surface area contributed by atoms with Gasteiger partial charge < -0.3 is 14.6 Å². The van der Waals surface area contributed by atoms with Gasteiger partial charge in [0.2, 0.25) is 0 Å². The van der Waals surface area contributed by atoms with Gasteiger partial charge in [-0.05, 0) is 12.8 Å². The standard InChI is InChI=1S/C11H12N2O5/c1-3-11(6-14)17-5-8(18-11)13-4-7(2)9(15)12-10(13)16/h1,4,8,14H,5-6H2,2H3,(H,12,15,16)/t8-,11-/m0/s1. The van der Waals surface area contributed by atoms with E-state index in [0.717, 1.165) is 0 Å². The summed E-state index contributed by atoms with van der Waals surface area (Å²) in [5.74, 6) is 0.657. The number of ether oxygens (including phenoxy) is 2. The summed E-state index contributed by atoms with van der Waals surface area (Å²) in [6, 6.07) is 0. The Morgan fingerprint density at radius 3 is 3.00 bits per heavy atom. The van der Waals surface area contributed by atoms with Gasteiger partial charge in [0.05, 0.1) is 6.61 Å². The lowest BCUT2D eigenvalue weighted by atomic mass is 10.3. The van der Waals surface area contributed by atoms with Crippen molar-refractivity contribution in [3.05, 3.63) is 32.6 Å². The summed E-state index contributed by atoms with van der Waals surface area (Å²) in [4.78, 5) is 25.0. The van der Waals surface area contributed by atoms with Gasteiger partial charge in [0, 0.05) is 11.8 Å². The predicted octanol–water partition coefficient (Wildman–Crippen LogP) is -1.29. The zero-order valence-corrected chi connectivity index (χ0v) is 9.67. The Kier molecular flexibility index (Phi) is 3.09. The molecule has 1 aliphatic heterocycles. The van der Waals surface area contributed by atoms with Gasteiger partial charge in [-0.2, -0.15) is 0 Å². The molecule has 2 atom stereocenters. The first-order valence-electron chi connectivity index (χ1n) is 5.24. The Hall–Kier alpha value is -1.88. The molecule has 0 aromatic carbocycles. The summed E-state index contributed by atoms with van der Waals surface area (Å²) < 4.78 is 11.7. The molecule has 0 unspecified atom stereocenters. The summed E-state index contributed by atoms with van der Waals surface area (Å²) in [6.07, 6.45) is 5.79. The number of H-pyrrole nitrogens is 1. The topological polar surface area (TPSA) is 93.5 Å². The second kappa shape index (κ2) is 4.42. The molecular formula is C11H12N2O5. The summed E-state index contributed by atoms with van der Waals surface area (Å²) in [7, 11) is 0. The maximum Gasteiger partial charge on any atom is 0.330 e. The van der Waals surface area contributed by atoms with Crippen molar-refractivity contribution in [2.45, 2.75) is 18.9 Å². The Morgan fingerprint density at radius 2 is 2.44 bits per heavy atom. The molecule has 2 rings (SSSR count). The van der Waals surface area contributed by atoms with Crippen molar-refractivity contribution >= 4 is 0 Å². The number of hydrogen-bond donors (Lipinski definition) is 2. The Labute approximate surface area is 102 Å². The lowest BCUT2D eigenvalue weighted by molar-refractivity contribution is -0.156. The Morgan fingerprint density at radius 1 is 1.72 bits per heavy atom. The first-order valence-corrected chi connectivity index (χ1v) is 5.24. The van der Waals surface area contributed by atoms with Crippen LogP contribution in [-0.2, 0) is 9.47 Å². The van der Waals surface area contributed by atoms with E-state index < -0.39 is 29.9 Å². The van der Waals surface area contributed by atoms with Crippen LogP contribution in [0.1, 0.15) is 11.8 Å². The average Bonchev–Trinajstić information content (AvgIpc) is 2.79. The molecule has 1 aromatic rings. The van der Waals surface area contributed by atoms with Gasteiger partial charge in [-0.1, -0.05) is 0 Å². The van der Waals surface area contributed by atoms with Crippen molar-refractivity contribution in [3.63, 3.8) is 0 Å². The quantitative estimate of drug-likeness (QED) is 0.639. The molecule has 2 heterocycles. The molecule has 18 heavy (non-hydrogen) atoms. The van der Waals surface area contributed by atoms with Crippen molar-refractivity contribution in [2.24, 2.45) is 0 Å². The Balaban J connectivity index is 2.36. The number of aliphatic hydroxyl groups is 1. The first-order chi connectivity index (χ1) is 8.51. The number of aryl methyl sites for hydroxylation is 1. The predicted molar refractivity (Wildman–Crippen MR) is 60.8 cm³/mol. The van der Waals surface area contributed by atoms with Crippen LogP contribution in [0.5, 0.6) is 0 Å². The van der Waals surface area contributed by atoms with Gasteiger partial charge in [0.25, 0.3) is 11.3 Å². The number of nitrogens with one attached hydrogen (secondary N) is 1. The molecule has 0 bridgehead atoms. The molecule has 2 N–H and O–H groups in total. The van der Waals surface area contributed by atoms with Crippen LogP contribution in [0.25, 0.3) is 0 Å². The van der Waals surface area contributed by atoms with Gasteiger partial charge >= 0.3 is 5.69 Å². The lowest BCUT2D eigenvalue weighted by Gasteiger charge is -2.19. The Bertz CT molecular complexity index is 611. The van der Waals surface area contributed by atoms with E-state index in [-0.39, 0.29) is 6.61 Å². The number of hydrogen-bond acceptors (Lipinski definition) is 5. The van der Waals surface area contributed by atoms with E-state index in [0.29, 0.717) is 5.56 Å². The largest absolute Gasteiger partial charge is 0.390 e. The van der Waals surface area contributed by atoms with E-state index in [1.54, 1.807) is 6.92 Å². The van der Waals surface area contributed by atoms with Gasteiger partial charge in [-0.15, -0.1) is 6.42 Å². The van der Waals surface area contributed by atoms with Crippen molar-refractivity contribution in [3.8, 4) is 12.3 Å². The second-order valence-corrected chi connectivity index (χ2v) is 3.92. The summed E-state index contributed by atoms with van der Waals surface area (Å²) in [6.45, 7) is 1.05. The number of rotatable bonds is 2. The van der Waals surface area contributed by atoms with Crippen molar-refractivity contribution in [1.82, 2.24) is 9.55 Å². The van der Waals surface area contributed by atoms with Gasteiger partial charge in [0.1, 0.15) is 6.61 Å². The molecule has 0 aliphatic carbocycles. The van der Waals surface area contributed by atoms with E-state index in [1.807, 2.05) is 0 Å². The molecule has 7 heteroatoms. The van der Waals surface area contributed by atoms with Crippen LogP contribution in [-0.4, -0.2) is 33.7 Å². The van der Waals surface area contributed by atoms with Gasteiger partial charge in [-0.3, -0.25) is 14.3 Å². The third-order valence-corrected chi connectivity index (χ3v) is 2.67. The fourth-order valence-electron chi connectivity index (χ4n) is 1.64. The molecular weight excluding hydrogens is 240 g/mol. The van der Waals surface area contributed by atoms with Crippen LogP contribution >= 0.6 is 0 Å². The molecule has 0 radical (unpaired) electrons. The number of aromatic nitrogens is 2. The minimum atomic E-state index is -1.53. The van der Waals surface area contributed by atoms with Crippen molar-refractivity contribution in [1.29, 1.82) is 0 Å². The average molecular weight is 252 g/mol. The summed E-state index contributed by atoms with van der Waals surface area (Å²) >= 11 is 0. The highest BCUT2D eigenvalue weighted by Gasteiger charge is 2.41. The minimum Gasteiger partial charge on any atom is -0.390 e. The fourth-order valence-corrected chi connectivity index (χ4v) is 1.64. The number of aromatic amines is 1. The summed E-state index contributed by atoms with van der Waals surface area (Å²) in [5, 5.41) is 9.11. The first kappa shape index (κ1) is 12.6. The lowest BCUT2D eigenvalue weighted by Crippen LogP contribution is -2.36. The zero-order valence-electron chi connectivity index (χ0n) is 9.67. The van der Waals surface area contributed by atoms with Crippen molar-refractivity contribution in [2.75, 3.05) is 13.2 Å². The van der Waals surface area contributed by atoms with E-state index >= 15 is 0 Å². The molecule has 1 aromatic heterocycles. The van der Waals surface area contributed by atoms with E-state index in [2.05, 4.69) is 10.9 Å². The second-order valence-electron chi connectivity index (χ2n) is 3.92. The highest BCUT2D eigenvalue weighted by Crippen LogP contribution is 2.27. The monoisotopic (exact) mass is 252 g/mol. The third kappa shape index (κ3) is 1.97. The highest BCUT2D eigenvalue weighted by molar-refractivity contribution is 5.06. The highest BCUT2D eigenvalue weighted by atomic mass is 16.8. The molecule has 1 fully saturated rings. The molecule has 96 valence electrons. The molecule has 0 amide bonds. The maximum absolute atomic E-state index is 11.6. The smallest absolute Gasteiger partial charge is 0.330 e. The third-order valence-electron chi connectivity index (χ3n) is 2.67. The van der Waals surface area contributed by atoms with Gasteiger partial charge in [0.15, 0.2) is 6.23 Å². The van der Waals surface area contributed by atoms with Crippen molar-refractivity contribution < 1.29 is 14.6 Å². The molecule has 7 nitrogen and oxygen atoms in total. The number of aliphatic hydroxyl groups excluding tert-OH is 1. The summed E-state index contributed by atoms with van der Waals surface area (Å²) in [5.41, 5.74) is -0.717. The number of terminal acetylenes is 1. The van der Waals surface area contributed by atoms with Crippen LogP contribution in [0, 0.1) is 19.3 Å².